The smallest absolute Gasteiger partial charge is 0.241 e. The van der Waals surface area contributed by atoms with E-state index in [9.17, 15) is 8.42 Å². The molecule has 0 saturated heterocycles. The summed E-state index contributed by atoms with van der Waals surface area (Å²) in [6.07, 6.45) is -0.00365. The third-order valence-corrected chi connectivity index (χ3v) is 5.67. The van der Waals surface area contributed by atoms with Gasteiger partial charge >= 0.3 is 0 Å². The van der Waals surface area contributed by atoms with Crippen LogP contribution < -0.4 is 14.2 Å². The Morgan fingerprint density at radius 2 is 1.78 bits per heavy atom. The fourth-order valence-electron chi connectivity index (χ4n) is 2.63. The average Bonchev–Trinajstić information content (AvgIpc) is 2.61. The molecule has 0 heterocycles. The summed E-state index contributed by atoms with van der Waals surface area (Å²) in [4.78, 5) is 0.0973. The molecule has 1 N–H and O–H groups in total. The monoisotopic (exact) mass is 388 g/mol. The second kappa shape index (κ2) is 8.42. The molecule has 0 bridgehead atoms. The first-order valence-corrected chi connectivity index (χ1v) is 10.0. The minimum atomic E-state index is -3.79. The molecule has 1 atom stereocenters. The van der Waals surface area contributed by atoms with Gasteiger partial charge in [0.2, 0.25) is 10.0 Å². The van der Waals surface area contributed by atoms with Gasteiger partial charge in [0.25, 0.3) is 0 Å². The van der Waals surface area contributed by atoms with Gasteiger partial charge in [0, 0.05) is 6.04 Å². The molecule has 0 aliphatic carbocycles. The van der Waals surface area contributed by atoms with E-state index in [4.69, 9.17) is 14.7 Å². The summed E-state index contributed by atoms with van der Waals surface area (Å²) in [6, 6.07) is 11.4. The number of nitriles is 1. The molecule has 0 aliphatic heterocycles. The lowest BCUT2D eigenvalue weighted by atomic mass is 10.1. The number of hydrogen-bond donors (Lipinski definition) is 1. The van der Waals surface area contributed by atoms with E-state index in [0.717, 1.165) is 5.56 Å². The number of rotatable bonds is 7. The quantitative estimate of drug-likeness (QED) is 0.781. The SMILES string of the molecule is COc1cc(C(C)NS(=O)(=O)c2cc(C#N)ccc2C)ccc1OC(C)C. The molecule has 0 radical (unpaired) electrons. The van der Waals surface area contributed by atoms with Crippen LogP contribution in [0.1, 0.15) is 43.5 Å². The van der Waals surface area contributed by atoms with Gasteiger partial charge in [0.05, 0.1) is 29.7 Å². The summed E-state index contributed by atoms with van der Waals surface area (Å²) >= 11 is 0. The maximum Gasteiger partial charge on any atom is 0.241 e. The molecular weight excluding hydrogens is 364 g/mol. The van der Waals surface area contributed by atoms with E-state index in [1.807, 2.05) is 19.9 Å². The predicted octanol–water partition coefficient (Wildman–Crippen LogP) is 3.70. The molecule has 0 amide bonds. The molecule has 6 nitrogen and oxygen atoms in total. The topological polar surface area (TPSA) is 88.4 Å². The molecule has 1 unspecified atom stereocenters. The number of nitrogens with zero attached hydrogens (tertiary/aromatic N) is 1. The van der Waals surface area contributed by atoms with Crippen molar-refractivity contribution in [2.24, 2.45) is 0 Å². The van der Waals surface area contributed by atoms with Crippen molar-refractivity contribution in [2.45, 2.75) is 44.7 Å². The van der Waals surface area contributed by atoms with Crippen molar-refractivity contribution in [1.82, 2.24) is 4.72 Å². The Morgan fingerprint density at radius 3 is 2.37 bits per heavy atom. The molecule has 0 spiro atoms. The molecule has 2 aromatic rings. The number of benzene rings is 2. The number of methoxy groups -OCH3 is 1. The van der Waals surface area contributed by atoms with Crippen LogP contribution in [0.5, 0.6) is 11.5 Å². The third kappa shape index (κ3) is 5.00. The highest BCUT2D eigenvalue weighted by atomic mass is 32.2. The molecule has 0 aliphatic rings. The second-order valence-electron chi connectivity index (χ2n) is 6.51. The summed E-state index contributed by atoms with van der Waals surface area (Å²) in [5.74, 6) is 1.14. The highest BCUT2D eigenvalue weighted by Crippen LogP contribution is 2.31. The first-order valence-electron chi connectivity index (χ1n) is 8.55. The van der Waals surface area contributed by atoms with Crippen molar-refractivity contribution in [3.05, 3.63) is 53.1 Å². The first kappa shape index (κ1) is 20.7. The highest BCUT2D eigenvalue weighted by molar-refractivity contribution is 7.89. The van der Waals surface area contributed by atoms with Crippen LogP contribution in [0, 0.1) is 18.3 Å². The Kier molecular flexibility index (Phi) is 6.47. The maximum atomic E-state index is 12.8. The summed E-state index contributed by atoms with van der Waals surface area (Å²) in [7, 11) is -2.25. The Morgan fingerprint density at radius 1 is 1.07 bits per heavy atom. The summed E-state index contributed by atoms with van der Waals surface area (Å²) in [5, 5.41) is 9.03. The summed E-state index contributed by atoms with van der Waals surface area (Å²) < 4.78 is 39.3. The van der Waals surface area contributed by atoms with Crippen molar-refractivity contribution in [3.8, 4) is 17.6 Å². The Labute approximate surface area is 160 Å². The van der Waals surface area contributed by atoms with Gasteiger partial charge in [-0.2, -0.15) is 5.26 Å². The molecule has 0 fully saturated rings. The van der Waals surface area contributed by atoms with Crippen LogP contribution in [0.25, 0.3) is 0 Å². The van der Waals surface area contributed by atoms with Crippen LogP contribution in [-0.2, 0) is 10.0 Å². The zero-order valence-corrected chi connectivity index (χ0v) is 16.9. The van der Waals surface area contributed by atoms with E-state index in [2.05, 4.69) is 4.72 Å². The average molecular weight is 388 g/mol. The van der Waals surface area contributed by atoms with E-state index in [1.54, 1.807) is 44.2 Å². The van der Waals surface area contributed by atoms with Crippen molar-refractivity contribution in [1.29, 1.82) is 5.26 Å². The lowest BCUT2D eigenvalue weighted by Gasteiger charge is -2.19. The van der Waals surface area contributed by atoms with Crippen LogP contribution in [0.2, 0.25) is 0 Å². The summed E-state index contributed by atoms with van der Waals surface area (Å²) in [5.41, 5.74) is 1.61. The minimum Gasteiger partial charge on any atom is -0.493 e. The number of aryl methyl sites for hydroxylation is 1. The highest BCUT2D eigenvalue weighted by Gasteiger charge is 2.22. The largest absolute Gasteiger partial charge is 0.493 e. The Balaban J connectivity index is 2.31. The lowest BCUT2D eigenvalue weighted by Crippen LogP contribution is -2.27. The third-order valence-electron chi connectivity index (χ3n) is 3.99. The zero-order chi connectivity index (χ0) is 20.2. The van der Waals surface area contributed by atoms with Gasteiger partial charge in [-0.1, -0.05) is 12.1 Å². The van der Waals surface area contributed by atoms with Crippen LogP contribution in [-0.4, -0.2) is 21.6 Å². The molecule has 2 rings (SSSR count). The van der Waals surface area contributed by atoms with Crippen LogP contribution in [0.15, 0.2) is 41.3 Å². The number of nitrogens with one attached hydrogen (secondary N) is 1. The van der Waals surface area contributed by atoms with E-state index in [-0.39, 0.29) is 11.0 Å². The number of sulfonamides is 1. The van der Waals surface area contributed by atoms with Crippen molar-refractivity contribution >= 4 is 10.0 Å². The predicted molar refractivity (Wildman–Crippen MR) is 103 cm³/mol. The molecule has 2 aromatic carbocycles. The first-order chi connectivity index (χ1) is 12.7. The van der Waals surface area contributed by atoms with Crippen molar-refractivity contribution < 1.29 is 17.9 Å². The standard InChI is InChI=1S/C20H24N2O4S/c1-13(2)26-18-9-8-17(11-19(18)25-5)15(4)22-27(23,24)20-10-16(12-21)7-6-14(20)3/h6-11,13,15,22H,1-5H3. The van der Waals surface area contributed by atoms with Crippen LogP contribution in [0.4, 0.5) is 0 Å². The van der Waals surface area contributed by atoms with Gasteiger partial charge in [-0.25, -0.2) is 13.1 Å². The van der Waals surface area contributed by atoms with Crippen LogP contribution >= 0.6 is 0 Å². The van der Waals surface area contributed by atoms with Crippen LogP contribution in [0.3, 0.4) is 0 Å². The van der Waals surface area contributed by atoms with Gasteiger partial charge in [0.15, 0.2) is 11.5 Å². The molecule has 0 saturated carbocycles. The van der Waals surface area contributed by atoms with E-state index in [0.29, 0.717) is 22.6 Å². The molecular formula is C20H24N2O4S. The fraction of sp³-hybridized carbons (Fsp3) is 0.350. The van der Waals surface area contributed by atoms with Gasteiger partial charge in [-0.3, -0.25) is 0 Å². The van der Waals surface area contributed by atoms with Gasteiger partial charge in [-0.05, 0) is 63.1 Å². The van der Waals surface area contributed by atoms with E-state index < -0.39 is 16.1 Å². The molecule has 7 heteroatoms. The van der Waals surface area contributed by atoms with Gasteiger partial charge in [-0.15, -0.1) is 0 Å². The zero-order valence-electron chi connectivity index (χ0n) is 16.1. The normalized spacial score (nSPS) is 12.5. The Hall–Kier alpha value is -2.56. The molecule has 27 heavy (non-hydrogen) atoms. The molecule has 144 valence electrons. The minimum absolute atomic E-state index is 0.00365. The van der Waals surface area contributed by atoms with Gasteiger partial charge < -0.3 is 9.47 Å². The maximum absolute atomic E-state index is 12.8. The summed E-state index contributed by atoms with van der Waals surface area (Å²) in [6.45, 7) is 7.28. The van der Waals surface area contributed by atoms with Gasteiger partial charge in [0.1, 0.15) is 0 Å². The fourth-order valence-corrected chi connectivity index (χ4v) is 4.13. The molecule has 0 aromatic heterocycles. The lowest BCUT2D eigenvalue weighted by molar-refractivity contribution is 0.230. The number of ether oxygens (including phenoxy) is 2. The van der Waals surface area contributed by atoms with Crippen molar-refractivity contribution in [3.63, 3.8) is 0 Å². The van der Waals surface area contributed by atoms with E-state index >= 15 is 0 Å². The van der Waals surface area contributed by atoms with Crippen molar-refractivity contribution in [2.75, 3.05) is 7.11 Å². The second-order valence-corrected chi connectivity index (χ2v) is 8.19. The Bertz CT molecular complexity index is 962. The van der Waals surface area contributed by atoms with E-state index in [1.165, 1.54) is 13.2 Å². The number of hydrogen-bond acceptors (Lipinski definition) is 5.